The topological polar surface area (TPSA) is 64.3 Å². The lowest BCUT2D eigenvalue weighted by Gasteiger charge is -2.22. The van der Waals surface area contributed by atoms with Gasteiger partial charge in [0, 0.05) is 12.3 Å². The van der Waals surface area contributed by atoms with Crippen LogP contribution in [0.5, 0.6) is 0 Å². The van der Waals surface area contributed by atoms with Gasteiger partial charge in [0.1, 0.15) is 0 Å². The fourth-order valence-electron chi connectivity index (χ4n) is 2.45. The first-order chi connectivity index (χ1) is 9.14. The number of hydrogen-bond acceptors (Lipinski definition) is 3. The molecule has 2 rings (SSSR count). The van der Waals surface area contributed by atoms with Crippen molar-refractivity contribution in [2.24, 2.45) is 5.73 Å². The van der Waals surface area contributed by atoms with Crippen LogP contribution in [0.1, 0.15) is 38.2 Å². The lowest BCUT2D eigenvalue weighted by atomic mass is 9.98. The largest absolute Gasteiger partial charge is 0.377 e. The molecule has 1 aliphatic rings. The first-order valence-electron chi connectivity index (χ1n) is 6.91. The maximum Gasteiger partial charge on any atom is 0.244 e. The number of rotatable bonds is 5. The molecule has 1 aromatic rings. The summed E-state index contributed by atoms with van der Waals surface area (Å²) in [5.74, 6) is -0.0708. The summed E-state index contributed by atoms with van der Waals surface area (Å²) in [6.07, 6.45) is 3.62. The van der Waals surface area contributed by atoms with E-state index < -0.39 is 5.54 Å². The van der Waals surface area contributed by atoms with E-state index in [0.29, 0.717) is 13.2 Å². The van der Waals surface area contributed by atoms with Crippen LogP contribution in [0, 0.1) is 0 Å². The van der Waals surface area contributed by atoms with E-state index in [4.69, 9.17) is 10.5 Å². The lowest BCUT2D eigenvalue weighted by molar-refractivity contribution is -0.121. The zero-order valence-electron chi connectivity index (χ0n) is 11.4. The van der Waals surface area contributed by atoms with Crippen LogP contribution in [0.25, 0.3) is 0 Å². The third-order valence-electron chi connectivity index (χ3n) is 3.61. The van der Waals surface area contributed by atoms with Crippen molar-refractivity contribution in [1.29, 1.82) is 0 Å². The first-order valence-corrected chi connectivity index (χ1v) is 6.91. The fourth-order valence-corrected chi connectivity index (χ4v) is 2.45. The second kappa shape index (κ2) is 6.17. The van der Waals surface area contributed by atoms with Crippen LogP contribution >= 0.6 is 0 Å². The summed E-state index contributed by atoms with van der Waals surface area (Å²) in [7, 11) is 0. The monoisotopic (exact) mass is 262 g/mol. The van der Waals surface area contributed by atoms with Gasteiger partial charge in [-0.2, -0.15) is 0 Å². The van der Waals surface area contributed by atoms with Gasteiger partial charge in [0.25, 0.3) is 0 Å². The molecule has 0 radical (unpaired) electrons. The molecule has 3 N–H and O–H groups in total. The Balaban J connectivity index is 2.00. The number of anilines is 1. The van der Waals surface area contributed by atoms with E-state index in [1.165, 1.54) is 0 Å². The van der Waals surface area contributed by atoms with E-state index in [1.807, 2.05) is 31.2 Å². The minimum absolute atomic E-state index is 0.0708. The van der Waals surface area contributed by atoms with Gasteiger partial charge in [0.15, 0.2) is 0 Å². The summed E-state index contributed by atoms with van der Waals surface area (Å²) in [5, 5.41) is 2.92. The van der Waals surface area contributed by atoms with Gasteiger partial charge in [-0.25, -0.2) is 0 Å². The standard InChI is InChI=1S/C15H22N2O2/c1-2-19-11-12-6-5-7-13(10-12)17-14(18)15(16)8-3-4-9-15/h5-7,10H,2-4,8-9,11,16H2,1H3,(H,17,18). The average molecular weight is 262 g/mol. The van der Waals surface area contributed by atoms with Crippen LogP contribution in [-0.2, 0) is 16.1 Å². The quantitative estimate of drug-likeness (QED) is 0.856. The second-order valence-electron chi connectivity index (χ2n) is 5.15. The van der Waals surface area contributed by atoms with Gasteiger partial charge in [0.05, 0.1) is 12.1 Å². The smallest absolute Gasteiger partial charge is 0.244 e. The van der Waals surface area contributed by atoms with Crippen molar-refractivity contribution in [2.45, 2.75) is 44.8 Å². The highest BCUT2D eigenvalue weighted by molar-refractivity contribution is 5.98. The molecule has 0 atom stereocenters. The third kappa shape index (κ3) is 3.55. The van der Waals surface area contributed by atoms with E-state index in [9.17, 15) is 4.79 Å². The molecule has 1 amide bonds. The van der Waals surface area contributed by atoms with E-state index in [0.717, 1.165) is 36.9 Å². The molecule has 104 valence electrons. The number of nitrogens with two attached hydrogens (primary N) is 1. The zero-order valence-corrected chi connectivity index (χ0v) is 11.4. The summed E-state index contributed by atoms with van der Waals surface area (Å²) in [6, 6.07) is 7.72. The molecule has 0 bridgehead atoms. The molecular weight excluding hydrogens is 240 g/mol. The SMILES string of the molecule is CCOCc1cccc(NC(=O)C2(N)CCCC2)c1. The van der Waals surface area contributed by atoms with E-state index in [1.54, 1.807) is 0 Å². The lowest BCUT2D eigenvalue weighted by Crippen LogP contribution is -2.48. The van der Waals surface area contributed by atoms with Crippen LogP contribution in [0.4, 0.5) is 5.69 Å². The zero-order chi connectivity index (χ0) is 13.7. The predicted molar refractivity (Wildman–Crippen MR) is 75.8 cm³/mol. The number of nitrogens with one attached hydrogen (secondary N) is 1. The maximum absolute atomic E-state index is 12.2. The van der Waals surface area contributed by atoms with Gasteiger partial charge in [0.2, 0.25) is 5.91 Å². The highest BCUT2D eigenvalue weighted by Crippen LogP contribution is 2.28. The molecule has 1 aliphatic carbocycles. The van der Waals surface area contributed by atoms with Crippen molar-refractivity contribution in [2.75, 3.05) is 11.9 Å². The van der Waals surface area contributed by atoms with Gasteiger partial charge >= 0.3 is 0 Å². The molecule has 4 heteroatoms. The van der Waals surface area contributed by atoms with E-state index in [-0.39, 0.29) is 5.91 Å². The van der Waals surface area contributed by atoms with Crippen molar-refractivity contribution in [3.63, 3.8) is 0 Å². The molecule has 1 saturated carbocycles. The Morgan fingerprint density at radius 3 is 2.84 bits per heavy atom. The minimum atomic E-state index is -0.685. The van der Waals surface area contributed by atoms with E-state index >= 15 is 0 Å². The van der Waals surface area contributed by atoms with Crippen LogP contribution in [0.3, 0.4) is 0 Å². The van der Waals surface area contributed by atoms with Crippen LogP contribution < -0.4 is 11.1 Å². The van der Waals surface area contributed by atoms with Gasteiger partial charge in [-0.05, 0) is 37.5 Å². The number of hydrogen-bond donors (Lipinski definition) is 2. The Bertz CT molecular complexity index is 440. The third-order valence-corrected chi connectivity index (χ3v) is 3.61. The number of ether oxygens (including phenoxy) is 1. The molecule has 4 nitrogen and oxygen atoms in total. The minimum Gasteiger partial charge on any atom is -0.377 e. The Hall–Kier alpha value is -1.39. The summed E-state index contributed by atoms with van der Waals surface area (Å²) >= 11 is 0. The Labute approximate surface area is 114 Å². The summed E-state index contributed by atoms with van der Waals surface area (Å²) in [4.78, 5) is 12.2. The molecule has 0 saturated heterocycles. The summed E-state index contributed by atoms with van der Waals surface area (Å²) in [6.45, 7) is 3.21. The predicted octanol–water partition coefficient (Wildman–Crippen LogP) is 2.43. The Morgan fingerprint density at radius 2 is 2.16 bits per heavy atom. The molecule has 0 aliphatic heterocycles. The van der Waals surface area contributed by atoms with Crippen molar-refractivity contribution in [3.8, 4) is 0 Å². The van der Waals surface area contributed by atoms with Crippen molar-refractivity contribution < 1.29 is 9.53 Å². The molecule has 1 fully saturated rings. The van der Waals surface area contributed by atoms with Gasteiger partial charge in [-0.3, -0.25) is 4.79 Å². The molecule has 0 aromatic heterocycles. The molecule has 0 unspecified atom stereocenters. The van der Waals surface area contributed by atoms with Crippen LogP contribution in [0.15, 0.2) is 24.3 Å². The van der Waals surface area contributed by atoms with Gasteiger partial charge < -0.3 is 15.8 Å². The number of amides is 1. The maximum atomic E-state index is 12.2. The fraction of sp³-hybridized carbons (Fsp3) is 0.533. The average Bonchev–Trinajstić information content (AvgIpc) is 2.85. The molecular formula is C15H22N2O2. The Morgan fingerprint density at radius 1 is 1.42 bits per heavy atom. The van der Waals surface area contributed by atoms with Crippen molar-refractivity contribution >= 4 is 11.6 Å². The molecule has 0 heterocycles. The van der Waals surface area contributed by atoms with Gasteiger partial charge in [-0.15, -0.1) is 0 Å². The first kappa shape index (κ1) is 14.0. The van der Waals surface area contributed by atoms with Crippen molar-refractivity contribution in [3.05, 3.63) is 29.8 Å². The molecule has 1 aromatic carbocycles. The summed E-state index contributed by atoms with van der Waals surface area (Å²) in [5.41, 5.74) is 7.29. The molecule has 0 spiro atoms. The molecule has 19 heavy (non-hydrogen) atoms. The van der Waals surface area contributed by atoms with E-state index in [2.05, 4.69) is 5.32 Å². The van der Waals surface area contributed by atoms with Crippen LogP contribution in [0.2, 0.25) is 0 Å². The second-order valence-corrected chi connectivity index (χ2v) is 5.15. The highest BCUT2D eigenvalue weighted by Gasteiger charge is 2.36. The highest BCUT2D eigenvalue weighted by atomic mass is 16.5. The Kier molecular flexibility index (Phi) is 4.56. The number of carbonyl (C=O) groups is 1. The van der Waals surface area contributed by atoms with Crippen LogP contribution in [-0.4, -0.2) is 18.1 Å². The van der Waals surface area contributed by atoms with Gasteiger partial charge in [-0.1, -0.05) is 25.0 Å². The normalized spacial score (nSPS) is 17.4. The number of benzene rings is 1. The number of carbonyl (C=O) groups excluding carboxylic acids is 1. The summed E-state index contributed by atoms with van der Waals surface area (Å²) < 4.78 is 5.36. The van der Waals surface area contributed by atoms with Crippen molar-refractivity contribution in [1.82, 2.24) is 0 Å².